The maximum absolute atomic E-state index is 11.6. The van der Waals surface area contributed by atoms with Gasteiger partial charge in [-0.1, -0.05) is 13.8 Å². The Bertz CT molecular complexity index is 1250. The van der Waals surface area contributed by atoms with Crippen LogP contribution in [0.5, 0.6) is 5.88 Å². The molecule has 4 heterocycles. The fourth-order valence-corrected chi connectivity index (χ4v) is 2.99. The molecule has 0 fully saturated rings. The normalized spacial score (nSPS) is 11.0. The van der Waals surface area contributed by atoms with Gasteiger partial charge in [-0.15, -0.1) is 10.2 Å². The van der Waals surface area contributed by atoms with Crippen LogP contribution in [0, 0.1) is 0 Å². The van der Waals surface area contributed by atoms with Gasteiger partial charge in [0.25, 0.3) is 5.88 Å². The molecule has 4 rings (SSSR count). The van der Waals surface area contributed by atoms with Gasteiger partial charge in [0.05, 0.1) is 22.8 Å². The summed E-state index contributed by atoms with van der Waals surface area (Å²) in [4.78, 5) is 20.8. The highest BCUT2D eigenvalue weighted by Crippen LogP contribution is 2.30. The molecule has 10 nitrogen and oxygen atoms in total. The molecule has 0 aliphatic carbocycles. The first-order chi connectivity index (χ1) is 14.9. The summed E-state index contributed by atoms with van der Waals surface area (Å²) in [6, 6.07) is 7.54. The minimum atomic E-state index is -0.594. The first kappa shape index (κ1) is 20.2. The highest BCUT2D eigenvalue weighted by Gasteiger charge is 2.16. The van der Waals surface area contributed by atoms with Crippen molar-refractivity contribution in [3.05, 3.63) is 48.4 Å². The van der Waals surface area contributed by atoms with Crippen molar-refractivity contribution >= 4 is 28.8 Å². The van der Waals surface area contributed by atoms with Crippen LogP contribution < -0.4 is 15.4 Å². The summed E-state index contributed by atoms with van der Waals surface area (Å²) in [6.07, 6.45) is 4.62. The van der Waals surface area contributed by atoms with Crippen molar-refractivity contribution < 1.29 is 9.53 Å². The van der Waals surface area contributed by atoms with Gasteiger partial charge in [0.15, 0.2) is 5.82 Å². The van der Waals surface area contributed by atoms with E-state index in [0.717, 1.165) is 16.6 Å². The molecule has 4 aromatic rings. The Hall–Kier alpha value is -4.08. The number of rotatable bonds is 5. The molecule has 0 aromatic carbocycles. The summed E-state index contributed by atoms with van der Waals surface area (Å²) in [5.41, 5.74) is 3.85. The van der Waals surface area contributed by atoms with Crippen LogP contribution in [-0.4, -0.2) is 43.1 Å². The predicted molar refractivity (Wildman–Crippen MR) is 116 cm³/mol. The molecule has 0 aliphatic heterocycles. The first-order valence-corrected chi connectivity index (χ1v) is 9.73. The standard InChI is InChI=1S/C21H22N8O2/c1-12(2)13-8-19(27-24-10-13)26-18-6-5-16-17(25-18)7-14(9-23-16)15-11-29(4)28-20(15)31-21(30)22-3/h5-12H,1-4H3,(H,22,30)(H,25,26,27). The molecule has 10 heteroatoms. The molecule has 4 aromatic heterocycles. The first-order valence-electron chi connectivity index (χ1n) is 9.73. The van der Waals surface area contributed by atoms with Gasteiger partial charge in [-0.25, -0.2) is 9.78 Å². The number of fused-ring (bicyclic) bond motifs is 1. The van der Waals surface area contributed by atoms with E-state index in [1.54, 1.807) is 30.3 Å². The molecule has 0 saturated heterocycles. The van der Waals surface area contributed by atoms with Gasteiger partial charge >= 0.3 is 6.09 Å². The third kappa shape index (κ3) is 4.42. The summed E-state index contributed by atoms with van der Waals surface area (Å²) in [7, 11) is 3.24. The zero-order chi connectivity index (χ0) is 22.0. The molecule has 0 atom stereocenters. The molecule has 0 saturated carbocycles. The maximum Gasteiger partial charge on any atom is 0.413 e. The summed E-state index contributed by atoms with van der Waals surface area (Å²) >= 11 is 0. The number of aryl methyl sites for hydroxylation is 1. The van der Waals surface area contributed by atoms with Gasteiger partial charge < -0.3 is 15.4 Å². The highest BCUT2D eigenvalue weighted by atomic mass is 16.6. The van der Waals surface area contributed by atoms with Gasteiger partial charge in [0, 0.05) is 32.1 Å². The van der Waals surface area contributed by atoms with E-state index in [1.165, 1.54) is 7.05 Å². The maximum atomic E-state index is 11.6. The lowest BCUT2D eigenvalue weighted by Gasteiger charge is -2.09. The molecule has 0 spiro atoms. The molecule has 158 valence electrons. The summed E-state index contributed by atoms with van der Waals surface area (Å²) in [6.45, 7) is 4.20. The number of aromatic nitrogens is 6. The molecule has 0 aliphatic rings. The average Bonchev–Trinajstić information content (AvgIpc) is 3.13. The van der Waals surface area contributed by atoms with Crippen molar-refractivity contribution in [2.45, 2.75) is 19.8 Å². The fourth-order valence-electron chi connectivity index (χ4n) is 2.99. The Morgan fingerprint density at radius 2 is 1.97 bits per heavy atom. The number of anilines is 2. The molecular formula is C21H22N8O2. The van der Waals surface area contributed by atoms with Gasteiger partial charge in [0.2, 0.25) is 0 Å². The van der Waals surface area contributed by atoms with Crippen molar-refractivity contribution in [1.29, 1.82) is 0 Å². The van der Waals surface area contributed by atoms with Crippen LogP contribution in [0.4, 0.5) is 16.4 Å². The molecule has 31 heavy (non-hydrogen) atoms. The number of nitrogens with one attached hydrogen (secondary N) is 2. The van der Waals surface area contributed by atoms with Crippen molar-refractivity contribution in [3.63, 3.8) is 0 Å². The third-order valence-corrected chi connectivity index (χ3v) is 4.64. The second-order valence-electron chi connectivity index (χ2n) is 7.27. The number of hydrogen-bond acceptors (Lipinski definition) is 8. The Kier molecular flexibility index (Phi) is 5.44. The van der Waals surface area contributed by atoms with Gasteiger partial charge in [-0.2, -0.15) is 5.10 Å². The summed E-state index contributed by atoms with van der Waals surface area (Å²) < 4.78 is 6.83. The van der Waals surface area contributed by atoms with Crippen LogP contribution in [0.2, 0.25) is 0 Å². The van der Waals surface area contributed by atoms with E-state index in [4.69, 9.17) is 4.74 Å². The van der Waals surface area contributed by atoms with E-state index < -0.39 is 6.09 Å². The zero-order valence-electron chi connectivity index (χ0n) is 17.6. The highest BCUT2D eigenvalue weighted by molar-refractivity contribution is 5.83. The number of hydrogen-bond donors (Lipinski definition) is 2. The van der Waals surface area contributed by atoms with Crippen LogP contribution >= 0.6 is 0 Å². The number of ether oxygens (including phenoxy) is 1. The van der Waals surface area contributed by atoms with Crippen LogP contribution in [0.25, 0.3) is 22.2 Å². The Labute approximate surface area is 178 Å². The number of pyridine rings is 2. The predicted octanol–water partition coefficient (Wildman–Crippen LogP) is 3.41. The molecule has 2 N–H and O–H groups in total. The van der Waals surface area contributed by atoms with E-state index in [2.05, 4.69) is 49.7 Å². The van der Waals surface area contributed by atoms with E-state index in [1.807, 2.05) is 24.3 Å². The third-order valence-electron chi connectivity index (χ3n) is 4.64. The monoisotopic (exact) mass is 418 g/mol. The Morgan fingerprint density at radius 3 is 2.74 bits per heavy atom. The van der Waals surface area contributed by atoms with E-state index in [-0.39, 0.29) is 5.88 Å². The van der Waals surface area contributed by atoms with Crippen LogP contribution in [0.3, 0.4) is 0 Å². The minimum Gasteiger partial charge on any atom is -0.389 e. The van der Waals surface area contributed by atoms with E-state index in [9.17, 15) is 4.79 Å². The second kappa shape index (κ2) is 8.34. The topological polar surface area (TPSA) is 120 Å². The SMILES string of the molecule is CNC(=O)Oc1nn(C)cc1-c1cnc2ccc(Nc3cc(C(C)C)cnn3)nc2c1. The zero-order valence-corrected chi connectivity index (χ0v) is 17.6. The van der Waals surface area contributed by atoms with Crippen molar-refractivity contribution in [2.24, 2.45) is 7.05 Å². The molecule has 0 bridgehead atoms. The second-order valence-corrected chi connectivity index (χ2v) is 7.27. The number of nitrogens with zero attached hydrogens (tertiary/aromatic N) is 6. The average molecular weight is 418 g/mol. The van der Waals surface area contributed by atoms with Crippen LogP contribution in [-0.2, 0) is 7.05 Å². The quantitative estimate of drug-likeness (QED) is 0.506. The summed E-state index contributed by atoms with van der Waals surface area (Å²) in [5.74, 6) is 1.78. The van der Waals surface area contributed by atoms with E-state index >= 15 is 0 Å². The lowest BCUT2D eigenvalue weighted by molar-refractivity contribution is 0.201. The lowest BCUT2D eigenvalue weighted by atomic mass is 10.1. The van der Waals surface area contributed by atoms with Crippen molar-refractivity contribution in [2.75, 3.05) is 12.4 Å². The molecule has 0 unspecified atom stereocenters. The molecular weight excluding hydrogens is 396 g/mol. The van der Waals surface area contributed by atoms with Gasteiger partial charge in [0.1, 0.15) is 5.82 Å². The van der Waals surface area contributed by atoms with Gasteiger partial charge in [-0.3, -0.25) is 9.67 Å². The Morgan fingerprint density at radius 1 is 1.13 bits per heavy atom. The van der Waals surface area contributed by atoms with Crippen LogP contribution in [0.1, 0.15) is 25.3 Å². The molecule has 1 amide bonds. The number of amides is 1. The Balaban J connectivity index is 1.67. The van der Waals surface area contributed by atoms with Gasteiger partial charge in [-0.05, 0) is 35.7 Å². The summed E-state index contributed by atoms with van der Waals surface area (Å²) in [5, 5.41) is 18.0. The lowest BCUT2D eigenvalue weighted by Crippen LogP contribution is -2.22. The van der Waals surface area contributed by atoms with E-state index in [0.29, 0.717) is 28.6 Å². The van der Waals surface area contributed by atoms with Crippen molar-refractivity contribution in [1.82, 2.24) is 35.3 Å². The smallest absolute Gasteiger partial charge is 0.389 e. The largest absolute Gasteiger partial charge is 0.413 e. The van der Waals surface area contributed by atoms with Crippen molar-refractivity contribution in [3.8, 4) is 17.0 Å². The minimum absolute atomic E-state index is 0.193. The number of carbonyl (C=O) groups is 1. The fraction of sp³-hybridized carbons (Fsp3) is 0.238. The number of carbonyl (C=O) groups excluding carboxylic acids is 1. The molecule has 0 radical (unpaired) electrons. The van der Waals surface area contributed by atoms with Crippen LogP contribution in [0.15, 0.2) is 42.9 Å².